The Kier molecular flexibility index (Phi) is 8.82. The van der Waals surface area contributed by atoms with Crippen molar-refractivity contribution in [2.24, 2.45) is 0 Å². The Bertz CT molecular complexity index is 785. The van der Waals surface area contributed by atoms with Gasteiger partial charge in [-0.3, -0.25) is 4.55 Å². The Balaban J connectivity index is 1.95. The minimum absolute atomic E-state index is 0.120. The molecule has 0 radical (unpaired) electrons. The molecular weight excluding hydrogens is 360 g/mol. The average Bonchev–Trinajstić information content (AvgIpc) is 2.64. The van der Waals surface area contributed by atoms with Crippen molar-refractivity contribution in [2.45, 2.75) is 69.6 Å². The standard InChI is InChI=1S/C22H30O4S/c1-2-3-4-5-6-7-8-10-13-19-16-21(18-22(17-19)27(23,24)25)26-20-14-11-9-12-15-20/h9,11-12,14-18H,2-8,10,13H2,1H3,(H,23,24,25). The van der Waals surface area contributed by atoms with E-state index in [4.69, 9.17) is 4.74 Å². The molecular formula is C22H30O4S. The Labute approximate surface area is 163 Å². The van der Waals surface area contributed by atoms with E-state index >= 15 is 0 Å². The molecule has 2 rings (SSSR count). The van der Waals surface area contributed by atoms with Gasteiger partial charge in [0.25, 0.3) is 10.1 Å². The summed E-state index contributed by atoms with van der Waals surface area (Å²) in [4.78, 5) is -0.120. The van der Waals surface area contributed by atoms with Gasteiger partial charge in [-0.25, -0.2) is 0 Å². The molecule has 27 heavy (non-hydrogen) atoms. The zero-order chi connectivity index (χ0) is 19.5. The second kappa shape index (κ2) is 11.1. The van der Waals surface area contributed by atoms with Crippen LogP contribution in [0.25, 0.3) is 0 Å². The van der Waals surface area contributed by atoms with Crippen LogP contribution in [-0.4, -0.2) is 13.0 Å². The summed E-state index contributed by atoms with van der Waals surface area (Å²) in [7, 11) is -4.27. The lowest BCUT2D eigenvalue weighted by Crippen LogP contribution is -2.00. The van der Waals surface area contributed by atoms with Crippen LogP contribution in [0.5, 0.6) is 11.5 Å². The first-order chi connectivity index (χ1) is 13.0. The minimum Gasteiger partial charge on any atom is -0.457 e. The molecule has 0 unspecified atom stereocenters. The maximum atomic E-state index is 11.6. The monoisotopic (exact) mass is 390 g/mol. The molecule has 0 aliphatic rings. The van der Waals surface area contributed by atoms with E-state index in [1.165, 1.54) is 50.7 Å². The van der Waals surface area contributed by atoms with Gasteiger partial charge in [-0.05, 0) is 42.7 Å². The summed E-state index contributed by atoms with van der Waals surface area (Å²) in [6.45, 7) is 2.22. The van der Waals surface area contributed by atoms with Gasteiger partial charge in [0.05, 0.1) is 4.90 Å². The predicted octanol–water partition coefficient (Wildman–Crippen LogP) is 6.41. The fourth-order valence-corrected chi connectivity index (χ4v) is 3.64. The lowest BCUT2D eigenvalue weighted by Gasteiger charge is -2.10. The van der Waals surface area contributed by atoms with Gasteiger partial charge in [-0.2, -0.15) is 8.42 Å². The van der Waals surface area contributed by atoms with Crippen molar-refractivity contribution >= 4 is 10.1 Å². The SMILES string of the molecule is CCCCCCCCCCc1cc(Oc2ccccc2)cc(S(=O)(=O)O)c1. The topological polar surface area (TPSA) is 63.6 Å². The largest absolute Gasteiger partial charge is 0.457 e. The van der Waals surface area contributed by atoms with Crippen LogP contribution in [0.1, 0.15) is 63.9 Å². The van der Waals surface area contributed by atoms with Crippen molar-refractivity contribution in [1.29, 1.82) is 0 Å². The molecule has 2 aromatic rings. The Morgan fingerprint density at radius 3 is 2.07 bits per heavy atom. The van der Waals surface area contributed by atoms with E-state index < -0.39 is 10.1 Å². The number of para-hydroxylation sites is 1. The first-order valence-electron chi connectivity index (χ1n) is 9.83. The second-order valence-electron chi connectivity index (χ2n) is 6.93. The van der Waals surface area contributed by atoms with Crippen LogP contribution in [0.15, 0.2) is 53.4 Å². The van der Waals surface area contributed by atoms with Crippen molar-refractivity contribution < 1.29 is 17.7 Å². The molecule has 0 aliphatic carbocycles. The quantitative estimate of drug-likeness (QED) is 0.336. The first-order valence-corrected chi connectivity index (χ1v) is 11.3. The van der Waals surface area contributed by atoms with E-state index in [1.807, 2.05) is 24.3 Å². The van der Waals surface area contributed by atoms with E-state index in [2.05, 4.69) is 6.92 Å². The maximum absolute atomic E-state index is 11.6. The maximum Gasteiger partial charge on any atom is 0.294 e. The molecule has 0 spiro atoms. The van der Waals surface area contributed by atoms with Crippen LogP contribution < -0.4 is 4.74 Å². The summed E-state index contributed by atoms with van der Waals surface area (Å²) in [5, 5.41) is 0. The molecule has 0 amide bonds. The molecule has 0 fully saturated rings. The van der Waals surface area contributed by atoms with Gasteiger partial charge in [0, 0.05) is 6.07 Å². The molecule has 1 N–H and O–H groups in total. The molecule has 5 heteroatoms. The molecule has 0 heterocycles. The van der Waals surface area contributed by atoms with Gasteiger partial charge in [-0.15, -0.1) is 0 Å². The first kappa shape index (κ1) is 21.5. The molecule has 0 aromatic heterocycles. The van der Waals surface area contributed by atoms with Gasteiger partial charge < -0.3 is 4.74 Å². The number of hydrogen-bond acceptors (Lipinski definition) is 3. The van der Waals surface area contributed by atoms with Crippen LogP contribution >= 0.6 is 0 Å². The number of ether oxygens (including phenoxy) is 1. The van der Waals surface area contributed by atoms with Crippen molar-refractivity contribution in [3.8, 4) is 11.5 Å². The Hall–Kier alpha value is -1.85. The highest BCUT2D eigenvalue weighted by Gasteiger charge is 2.13. The fourth-order valence-electron chi connectivity index (χ4n) is 3.07. The lowest BCUT2D eigenvalue weighted by molar-refractivity contribution is 0.470. The summed E-state index contributed by atoms with van der Waals surface area (Å²) < 4.78 is 38.4. The number of benzene rings is 2. The number of unbranched alkanes of at least 4 members (excludes halogenated alkanes) is 7. The number of aryl methyl sites for hydroxylation is 1. The molecule has 0 atom stereocenters. The van der Waals surface area contributed by atoms with Gasteiger partial charge in [0.15, 0.2) is 0 Å². The molecule has 148 valence electrons. The van der Waals surface area contributed by atoms with Crippen molar-refractivity contribution in [3.05, 3.63) is 54.1 Å². The van der Waals surface area contributed by atoms with E-state index in [-0.39, 0.29) is 4.90 Å². The number of rotatable bonds is 12. The van der Waals surface area contributed by atoms with Crippen LogP contribution in [-0.2, 0) is 16.5 Å². The van der Waals surface area contributed by atoms with E-state index in [1.54, 1.807) is 12.1 Å². The minimum atomic E-state index is -4.27. The third-order valence-electron chi connectivity index (χ3n) is 4.54. The summed E-state index contributed by atoms with van der Waals surface area (Å²) in [5.41, 5.74) is 0.863. The summed E-state index contributed by atoms with van der Waals surface area (Å²) in [6, 6.07) is 13.9. The second-order valence-corrected chi connectivity index (χ2v) is 8.35. The van der Waals surface area contributed by atoms with Crippen molar-refractivity contribution in [2.75, 3.05) is 0 Å². The molecule has 4 nitrogen and oxygen atoms in total. The molecule has 0 saturated heterocycles. The van der Waals surface area contributed by atoms with Crippen LogP contribution in [0.4, 0.5) is 0 Å². The Morgan fingerprint density at radius 1 is 0.815 bits per heavy atom. The molecule has 0 bridgehead atoms. The average molecular weight is 391 g/mol. The van der Waals surface area contributed by atoms with Crippen LogP contribution in [0, 0.1) is 0 Å². The third-order valence-corrected chi connectivity index (χ3v) is 5.37. The third kappa shape index (κ3) is 8.14. The highest BCUT2D eigenvalue weighted by Crippen LogP contribution is 2.27. The highest BCUT2D eigenvalue weighted by atomic mass is 32.2. The van der Waals surface area contributed by atoms with Crippen molar-refractivity contribution in [3.63, 3.8) is 0 Å². The van der Waals surface area contributed by atoms with Crippen LogP contribution in [0.2, 0.25) is 0 Å². The highest BCUT2D eigenvalue weighted by molar-refractivity contribution is 7.85. The molecule has 0 aliphatic heterocycles. The van der Waals surface area contributed by atoms with E-state index in [0.29, 0.717) is 11.5 Å². The summed E-state index contributed by atoms with van der Waals surface area (Å²) >= 11 is 0. The normalized spacial score (nSPS) is 11.5. The van der Waals surface area contributed by atoms with E-state index in [9.17, 15) is 13.0 Å². The predicted molar refractivity (Wildman–Crippen MR) is 109 cm³/mol. The van der Waals surface area contributed by atoms with E-state index in [0.717, 1.165) is 24.8 Å². The van der Waals surface area contributed by atoms with Gasteiger partial charge in [0.1, 0.15) is 11.5 Å². The molecule has 0 saturated carbocycles. The zero-order valence-corrected chi connectivity index (χ0v) is 16.9. The fraction of sp³-hybridized carbons (Fsp3) is 0.455. The lowest BCUT2D eigenvalue weighted by atomic mass is 10.0. The van der Waals surface area contributed by atoms with Gasteiger partial charge >= 0.3 is 0 Å². The smallest absolute Gasteiger partial charge is 0.294 e. The van der Waals surface area contributed by atoms with Crippen LogP contribution in [0.3, 0.4) is 0 Å². The van der Waals surface area contributed by atoms with Gasteiger partial charge in [0.2, 0.25) is 0 Å². The zero-order valence-electron chi connectivity index (χ0n) is 16.1. The van der Waals surface area contributed by atoms with Gasteiger partial charge in [-0.1, -0.05) is 70.1 Å². The molecule has 2 aromatic carbocycles. The summed E-state index contributed by atoms with van der Waals surface area (Å²) in [6.07, 6.45) is 10.5. The van der Waals surface area contributed by atoms with Crippen molar-refractivity contribution in [1.82, 2.24) is 0 Å². The summed E-state index contributed by atoms with van der Waals surface area (Å²) in [5.74, 6) is 1.05. The Morgan fingerprint density at radius 2 is 1.44 bits per heavy atom. The number of hydrogen-bond donors (Lipinski definition) is 1.